The zero-order valence-electron chi connectivity index (χ0n) is 11.7. The number of halogens is 1. The first-order valence-corrected chi connectivity index (χ1v) is 9.37. The van der Waals surface area contributed by atoms with Gasteiger partial charge in [0.1, 0.15) is 0 Å². The van der Waals surface area contributed by atoms with Crippen molar-refractivity contribution in [3.05, 3.63) is 28.7 Å². The highest BCUT2D eigenvalue weighted by Crippen LogP contribution is 2.22. The SMILES string of the molecule is O=C(COC(=O)C[C@@H]1CCS(=O)(=O)C1)Nc1cccc(Br)c1. The number of ether oxygens (including phenoxy) is 1. The number of carbonyl (C=O) groups excluding carboxylic acids is 2. The molecule has 0 unspecified atom stereocenters. The van der Waals surface area contributed by atoms with Gasteiger partial charge in [-0.1, -0.05) is 22.0 Å². The molecular formula is C14H16BrNO5S. The molecule has 22 heavy (non-hydrogen) atoms. The van der Waals surface area contributed by atoms with Gasteiger partial charge >= 0.3 is 5.97 Å². The van der Waals surface area contributed by atoms with Crippen LogP contribution in [0.2, 0.25) is 0 Å². The lowest BCUT2D eigenvalue weighted by Gasteiger charge is -2.09. The maximum atomic E-state index is 11.7. The summed E-state index contributed by atoms with van der Waals surface area (Å²) < 4.78 is 28.3. The van der Waals surface area contributed by atoms with E-state index in [1.807, 2.05) is 6.07 Å². The quantitative estimate of drug-likeness (QED) is 0.774. The number of benzene rings is 1. The number of hydrogen-bond donors (Lipinski definition) is 1. The largest absolute Gasteiger partial charge is 0.456 e. The van der Waals surface area contributed by atoms with Gasteiger partial charge in [-0.25, -0.2) is 8.42 Å². The second kappa shape index (κ2) is 7.23. The minimum absolute atomic E-state index is 0.0202. The summed E-state index contributed by atoms with van der Waals surface area (Å²) in [5.74, 6) is -1.05. The second-order valence-corrected chi connectivity index (χ2v) is 8.34. The van der Waals surface area contributed by atoms with E-state index in [0.29, 0.717) is 12.1 Å². The molecule has 0 saturated carbocycles. The van der Waals surface area contributed by atoms with Crippen LogP contribution in [0.4, 0.5) is 5.69 Å². The van der Waals surface area contributed by atoms with Gasteiger partial charge in [0.25, 0.3) is 5.91 Å². The number of hydrogen-bond acceptors (Lipinski definition) is 5. The molecule has 1 aromatic rings. The van der Waals surface area contributed by atoms with Crippen molar-refractivity contribution in [2.75, 3.05) is 23.4 Å². The fourth-order valence-corrected chi connectivity index (χ4v) is 4.50. The average Bonchev–Trinajstić information content (AvgIpc) is 2.75. The molecule has 8 heteroatoms. The number of esters is 1. The Morgan fingerprint density at radius 2 is 2.14 bits per heavy atom. The summed E-state index contributed by atoms with van der Waals surface area (Å²) in [4.78, 5) is 23.3. The summed E-state index contributed by atoms with van der Waals surface area (Å²) in [5.41, 5.74) is 0.595. The predicted molar refractivity (Wildman–Crippen MR) is 85.1 cm³/mol. The van der Waals surface area contributed by atoms with E-state index < -0.39 is 21.7 Å². The van der Waals surface area contributed by atoms with Crippen LogP contribution in [0.3, 0.4) is 0 Å². The summed E-state index contributed by atoms with van der Waals surface area (Å²) in [7, 11) is -3.01. The summed E-state index contributed by atoms with van der Waals surface area (Å²) in [6, 6.07) is 7.04. The van der Waals surface area contributed by atoms with Crippen LogP contribution in [0.15, 0.2) is 28.7 Å². The van der Waals surface area contributed by atoms with E-state index in [1.165, 1.54) is 0 Å². The first-order chi connectivity index (χ1) is 10.3. The Labute approximate surface area is 137 Å². The third-order valence-corrected chi connectivity index (χ3v) is 5.58. The topological polar surface area (TPSA) is 89.5 Å². The highest BCUT2D eigenvalue weighted by atomic mass is 79.9. The second-order valence-electron chi connectivity index (χ2n) is 5.19. The lowest BCUT2D eigenvalue weighted by atomic mass is 10.1. The molecule has 1 N–H and O–H groups in total. The molecule has 1 aliphatic rings. The molecule has 1 amide bonds. The van der Waals surface area contributed by atoms with E-state index >= 15 is 0 Å². The molecule has 1 atom stereocenters. The summed E-state index contributed by atoms with van der Waals surface area (Å²) in [6.07, 6.45) is 0.505. The van der Waals surface area contributed by atoms with Gasteiger partial charge in [-0.05, 0) is 30.5 Å². The minimum atomic E-state index is -3.01. The minimum Gasteiger partial charge on any atom is -0.456 e. The molecule has 1 aromatic carbocycles. The molecule has 0 spiro atoms. The molecule has 1 heterocycles. The van der Waals surface area contributed by atoms with Gasteiger partial charge < -0.3 is 10.1 Å². The van der Waals surface area contributed by atoms with E-state index in [-0.39, 0.29) is 30.5 Å². The number of rotatable bonds is 5. The molecule has 0 aliphatic carbocycles. The number of amides is 1. The molecular weight excluding hydrogens is 374 g/mol. The Morgan fingerprint density at radius 1 is 1.36 bits per heavy atom. The highest BCUT2D eigenvalue weighted by Gasteiger charge is 2.29. The van der Waals surface area contributed by atoms with E-state index in [9.17, 15) is 18.0 Å². The van der Waals surface area contributed by atoms with Crippen LogP contribution in [0.5, 0.6) is 0 Å². The van der Waals surface area contributed by atoms with Crippen LogP contribution in [-0.2, 0) is 24.2 Å². The monoisotopic (exact) mass is 389 g/mol. The Kier molecular flexibility index (Phi) is 5.57. The van der Waals surface area contributed by atoms with Gasteiger partial charge in [0.2, 0.25) is 0 Å². The van der Waals surface area contributed by atoms with Gasteiger partial charge in [0.15, 0.2) is 16.4 Å². The third-order valence-electron chi connectivity index (χ3n) is 3.25. The fourth-order valence-electron chi connectivity index (χ4n) is 2.24. The van der Waals surface area contributed by atoms with Crippen molar-refractivity contribution in [3.63, 3.8) is 0 Å². The van der Waals surface area contributed by atoms with Gasteiger partial charge in [-0.2, -0.15) is 0 Å². The van der Waals surface area contributed by atoms with Crippen molar-refractivity contribution >= 4 is 43.3 Å². The standard InChI is InChI=1S/C14H16BrNO5S/c15-11-2-1-3-12(7-11)16-13(17)8-21-14(18)6-10-4-5-22(19,20)9-10/h1-3,7,10H,4-6,8-9H2,(H,16,17)/t10-/m0/s1. The Bertz CT molecular complexity index is 674. The molecule has 0 aromatic heterocycles. The maximum Gasteiger partial charge on any atom is 0.306 e. The Balaban J connectivity index is 1.73. The summed E-state index contributed by atoms with van der Waals surface area (Å²) in [6.45, 7) is -0.384. The van der Waals surface area contributed by atoms with Crippen molar-refractivity contribution in [3.8, 4) is 0 Å². The Morgan fingerprint density at radius 3 is 2.77 bits per heavy atom. The molecule has 1 aliphatic heterocycles. The van der Waals surface area contributed by atoms with E-state index in [2.05, 4.69) is 21.2 Å². The van der Waals surface area contributed by atoms with Crippen LogP contribution in [0.1, 0.15) is 12.8 Å². The zero-order chi connectivity index (χ0) is 16.2. The molecule has 1 fully saturated rings. The molecule has 6 nitrogen and oxygen atoms in total. The number of anilines is 1. The van der Waals surface area contributed by atoms with E-state index in [1.54, 1.807) is 18.2 Å². The van der Waals surface area contributed by atoms with Crippen molar-refractivity contribution < 1.29 is 22.7 Å². The summed E-state index contributed by atoms with van der Waals surface area (Å²) >= 11 is 3.29. The van der Waals surface area contributed by atoms with Crippen molar-refractivity contribution in [2.45, 2.75) is 12.8 Å². The van der Waals surface area contributed by atoms with E-state index in [0.717, 1.165) is 4.47 Å². The molecule has 0 bridgehead atoms. The number of sulfone groups is 1. The zero-order valence-corrected chi connectivity index (χ0v) is 14.2. The predicted octanol–water partition coefficient (Wildman–Crippen LogP) is 1.76. The molecule has 1 saturated heterocycles. The fraction of sp³-hybridized carbons (Fsp3) is 0.429. The number of nitrogens with one attached hydrogen (secondary N) is 1. The van der Waals surface area contributed by atoms with Crippen LogP contribution < -0.4 is 5.32 Å². The molecule has 2 rings (SSSR count). The lowest BCUT2D eigenvalue weighted by molar-refractivity contribution is -0.148. The smallest absolute Gasteiger partial charge is 0.306 e. The number of carbonyl (C=O) groups is 2. The first kappa shape index (κ1) is 17.0. The third kappa shape index (κ3) is 5.42. The van der Waals surface area contributed by atoms with Crippen molar-refractivity contribution in [1.82, 2.24) is 0 Å². The van der Waals surface area contributed by atoms with Crippen LogP contribution >= 0.6 is 15.9 Å². The van der Waals surface area contributed by atoms with E-state index in [4.69, 9.17) is 4.74 Å². The van der Waals surface area contributed by atoms with Crippen LogP contribution in [0.25, 0.3) is 0 Å². The first-order valence-electron chi connectivity index (χ1n) is 6.75. The van der Waals surface area contributed by atoms with Crippen molar-refractivity contribution in [2.24, 2.45) is 5.92 Å². The van der Waals surface area contributed by atoms with Gasteiger partial charge in [0, 0.05) is 16.6 Å². The van der Waals surface area contributed by atoms with Gasteiger partial charge in [-0.3, -0.25) is 9.59 Å². The molecule has 120 valence electrons. The molecule has 0 radical (unpaired) electrons. The van der Waals surface area contributed by atoms with Gasteiger partial charge in [0.05, 0.1) is 11.5 Å². The maximum absolute atomic E-state index is 11.7. The van der Waals surface area contributed by atoms with Crippen LogP contribution in [0, 0.1) is 5.92 Å². The summed E-state index contributed by atoms with van der Waals surface area (Å²) in [5, 5.41) is 2.60. The lowest BCUT2D eigenvalue weighted by Crippen LogP contribution is -2.22. The highest BCUT2D eigenvalue weighted by molar-refractivity contribution is 9.10. The Hall–Kier alpha value is -1.41. The van der Waals surface area contributed by atoms with Crippen LogP contribution in [-0.4, -0.2) is 38.4 Å². The van der Waals surface area contributed by atoms with Crippen molar-refractivity contribution in [1.29, 1.82) is 0 Å². The average molecular weight is 390 g/mol. The normalized spacial score (nSPS) is 19.6. The van der Waals surface area contributed by atoms with Gasteiger partial charge in [-0.15, -0.1) is 0 Å².